The van der Waals surface area contributed by atoms with Gasteiger partial charge in [0, 0.05) is 11.6 Å². The van der Waals surface area contributed by atoms with E-state index < -0.39 is 16.0 Å². The number of aryl methyl sites for hydroxylation is 2. The Morgan fingerprint density at radius 1 is 1.11 bits per heavy atom. The van der Waals surface area contributed by atoms with Crippen molar-refractivity contribution in [3.63, 3.8) is 0 Å². The minimum absolute atomic E-state index is 0.114. The van der Waals surface area contributed by atoms with Crippen LogP contribution in [0.4, 0.5) is 5.95 Å². The molecule has 1 aliphatic rings. The Hall–Kier alpha value is -3.54. The van der Waals surface area contributed by atoms with Crippen molar-refractivity contribution in [3.05, 3.63) is 65.2 Å². The quantitative estimate of drug-likeness (QED) is 0.351. The Morgan fingerprint density at radius 2 is 1.81 bits per heavy atom. The van der Waals surface area contributed by atoms with Gasteiger partial charge in [-0.2, -0.15) is 4.98 Å². The average molecular weight is 513 g/mol. The lowest BCUT2D eigenvalue weighted by atomic mass is 10.00. The van der Waals surface area contributed by atoms with Gasteiger partial charge in [-0.25, -0.2) is 22.9 Å². The van der Waals surface area contributed by atoms with Crippen LogP contribution in [0, 0.1) is 13.8 Å². The van der Waals surface area contributed by atoms with E-state index in [1.165, 1.54) is 18.2 Å². The summed E-state index contributed by atoms with van der Waals surface area (Å²) in [4.78, 5) is 19.7. The number of aromatic carboxylic acids is 1. The molecule has 4 rings (SSSR count). The summed E-state index contributed by atoms with van der Waals surface area (Å²) in [6.07, 6.45) is 2.35. The number of ether oxygens (including phenoxy) is 2. The van der Waals surface area contributed by atoms with E-state index in [0.29, 0.717) is 12.3 Å². The molecule has 1 fully saturated rings. The van der Waals surface area contributed by atoms with Crippen molar-refractivity contribution in [2.24, 2.45) is 5.73 Å². The number of sulfonamides is 1. The first-order chi connectivity index (χ1) is 17.1. The number of benzene rings is 2. The van der Waals surface area contributed by atoms with E-state index in [2.05, 4.69) is 14.7 Å². The minimum atomic E-state index is -4.19. The molecule has 11 heteroatoms. The van der Waals surface area contributed by atoms with Crippen LogP contribution in [-0.4, -0.2) is 54.8 Å². The normalized spacial score (nSPS) is 14.3. The van der Waals surface area contributed by atoms with Crippen molar-refractivity contribution in [2.75, 3.05) is 17.9 Å². The molecule has 10 nitrogen and oxygen atoms in total. The first-order valence-electron chi connectivity index (χ1n) is 11.4. The molecule has 0 aliphatic heterocycles. The van der Waals surface area contributed by atoms with Gasteiger partial charge in [0.25, 0.3) is 10.0 Å². The third kappa shape index (κ3) is 6.36. The van der Waals surface area contributed by atoms with Crippen molar-refractivity contribution >= 4 is 21.9 Å². The highest BCUT2D eigenvalue weighted by atomic mass is 32.2. The van der Waals surface area contributed by atoms with E-state index in [-0.39, 0.29) is 41.0 Å². The van der Waals surface area contributed by atoms with E-state index >= 15 is 0 Å². The molecule has 0 saturated heterocycles. The van der Waals surface area contributed by atoms with E-state index in [9.17, 15) is 18.3 Å². The van der Waals surface area contributed by atoms with Crippen LogP contribution in [0.1, 0.15) is 34.3 Å². The van der Waals surface area contributed by atoms with Gasteiger partial charge in [-0.05, 0) is 56.0 Å². The lowest BCUT2D eigenvalue weighted by Crippen LogP contribution is -2.33. The molecule has 1 aliphatic carbocycles. The molecule has 1 aromatic heterocycles. The van der Waals surface area contributed by atoms with E-state index in [1.807, 2.05) is 32.0 Å². The topological polar surface area (TPSA) is 154 Å². The second kappa shape index (κ2) is 10.6. The Bertz CT molecular complexity index is 1350. The first-order valence-corrected chi connectivity index (χ1v) is 12.9. The van der Waals surface area contributed by atoms with Gasteiger partial charge in [-0.1, -0.05) is 24.3 Å². The monoisotopic (exact) mass is 512 g/mol. The molecule has 0 amide bonds. The predicted octanol–water partition coefficient (Wildman–Crippen LogP) is 3.14. The van der Waals surface area contributed by atoms with Crippen molar-refractivity contribution in [3.8, 4) is 17.1 Å². The number of aromatic nitrogens is 2. The zero-order chi connectivity index (χ0) is 25.9. The molecule has 190 valence electrons. The maximum atomic E-state index is 13.0. The molecular weight excluding hydrogens is 484 g/mol. The lowest BCUT2D eigenvalue weighted by molar-refractivity contribution is 0.0696. The van der Waals surface area contributed by atoms with Crippen LogP contribution >= 0.6 is 0 Å². The Balaban J connectivity index is 1.64. The molecule has 1 heterocycles. The Morgan fingerprint density at radius 3 is 2.47 bits per heavy atom. The van der Waals surface area contributed by atoms with Crippen LogP contribution < -0.4 is 15.2 Å². The number of nitrogens with zero attached hydrogens (tertiary/aromatic N) is 2. The molecule has 3 aromatic rings. The number of carbonyl (C=O) groups is 1. The molecule has 36 heavy (non-hydrogen) atoms. The second-order valence-corrected chi connectivity index (χ2v) is 10.4. The highest BCUT2D eigenvalue weighted by Gasteiger charge is 2.23. The zero-order valence-electron chi connectivity index (χ0n) is 20.0. The summed E-state index contributed by atoms with van der Waals surface area (Å²) in [6, 6.07) is 12.0. The van der Waals surface area contributed by atoms with Gasteiger partial charge in [0.15, 0.2) is 0 Å². The number of carboxylic acids is 1. The molecule has 1 atom stereocenters. The molecule has 1 saturated carbocycles. The number of nitrogens with one attached hydrogen (secondary N) is 1. The van der Waals surface area contributed by atoms with E-state index in [4.69, 9.17) is 15.2 Å². The molecule has 0 spiro atoms. The smallest absolute Gasteiger partial charge is 0.335 e. The van der Waals surface area contributed by atoms with Crippen molar-refractivity contribution in [1.29, 1.82) is 0 Å². The van der Waals surface area contributed by atoms with Gasteiger partial charge in [0.2, 0.25) is 11.8 Å². The largest absolute Gasteiger partial charge is 0.478 e. The highest BCUT2D eigenvalue weighted by molar-refractivity contribution is 7.92. The minimum Gasteiger partial charge on any atom is -0.478 e. The fourth-order valence-electron chi connectivity index (χ4n) is 3.60. The summed E-state index contributed by atoms with van der Waals surface area (Å²) in [5, 5.41) is 9.22. The van der Waals surface area contributed by atoms with Crippen LogP contribution in [0.5, 0.6) is 5.88 Å². The van der Waals surface area contributed by atoms with Crippen molar-refractivity contribution in [2.45, 2.75) is 43.7 Å². The summed E-state index contributed by atoms with van der Waals surface area (Å²) in [7, 11) is -4.19. The Kier molecular flexibility index (Phi) is 7.53. The summed E-state index contributed by atoms with van der Waals surface area (Å²) in [5.74, 6) is -1.31. The van der Waals surface area contributed by atoms with Crippen LogP contribution in [0.15, 0.2) is 53.4 Å². The molecule has 4 N–H and O–H groups in total. The van der Waals surface area contributed by atoms with E-state index in [0.717, 1.165) is 35.6 Å². The van der Waals surface area contributed by atoms with Crippen LogP contribution in [0.3, 0.4) is 0 Å². The summed E-state index contributed by atoms with van der Waals surface area (Å²) in [5.41, 5.74) is 9.11. The summed E-state index contributed by atoms with van der Waals surface area (Å²) in [6.45, 7) is 4.32. The van der Waals surface area contributed by atoms with Crippen molar-refractivity contribution in [1.82, 2.24) is 9.97 Å². The highest BCUT2D eigenvalue weighted by Crippen LogP contribution is 2.29. The van der Waals surface area contributed by atoms with Crippen LogP contribution in [-0.2, 0) is 14.8 Å². The number of anilines is 1. The predicted molar refractivity (Wildman–Crippen MR) is 134 cm³/mol. The van der Waals surface area contributed by atoms with Crippen LogP contribution in [0.2, 0.25) is 0 Å². The molecule has 0 unspecified atom stereocenters. The third-order valence-electron chi connectivity index (χ3n) is 5.57. The number of hydrogen-bond acceptors (Lipinski definition) is 8. The standard InChI is InChI=1S/C25H28N4O6S/c1-15-5-3-6-16(2)23(15)21-12-22(35-14-18(26)13-34-19-9-10-19)28-25(27-21)29-36(32,33)20-8-4-7-17(11-20)24(30)31/h3-8,11-12,18-19H,9-10,13-14,26H2,1-2H3,(H,30,31)(H,27,28,29)/t18-/m1/s1. The molecule has 2 aromatic carbocycles. The van der Waals surface area contributed by atoms with Gasteiger partial charge >= 0.3 is 5.97 Å². The maximum Gasteiger partial charge on any atom is 0.335 e. The molecule has 0 bridgehead atoms. The third-order valence-corrected chi connectivity index (χ3v) is 6.90. The SMILES string of the molecule is Cc1cccc(C)c1-c1cc(OC[C@H](N)COC2CC2)nc(NS(=O)(=O)c2cccc(C(=O)O)c2)n1. The van der Waals surface area contributed by atoms with Gasteiger partial charge < -0.3 is 20.3 Å². The lowest BCUT2D eigenvalue weighted by Gasteiger charge is -2.16. The van der Waals surface area contributed by atoms with Gasteiger partial charge in [-0.3, -0.25) is 0 Å². The molecule has 0 radical (unpaired) electrons. The fourth-order valence-corrected chi connectivity index (χ4v) is 4.59. The van der Waals surface area contributed by atoms with Crippen LogP contribution in [0.25, 0.3) is 11.3 Å². The average Bonchev–Trinajstić information content (AvgIpc) is 3.66. The number of nitrogens with two attached hydrogens (primary N) is 1. The van der Waals surface area contributed by atoms with Gasteiger partial charge in [0.1, 0.15) is 6.61 Å². The van der Waals surface area contributed by atoms with E-state index in [1.54, 1.807) is 6.07 Å². The second-order valence-electron chi connectivity index (χ2n) is 8.72. The summed E-state index contributed by atoms with van der Waals surface area (Å²) < 4.78 is 39.8. The number of hydrogen-bond donors (Lipinski definition) is 3. The number of carboxylic acid groups (broad SMARTS) is 1. The molecular formula is C25H28N4O6S. The number of rotatable bonds is 11. The maximum absolute atomic E-state index is 13.0. The summed E-state index contributed by atoms with van der Waals surface area (Å²) >= 11 is 0. The zero-order valence-corrected chi connectivity index (χ0v) is 20.8. The first kappa shape index (κ1) is 25.5. The van der Waals surface area contributed by atoms with Crippen molar-refractivity contribution < 1.29 is 27.8 Å². The van der Waals surface area contributed by atoms with Gasteiger partial charge in [-0.15, -0.1) is 0 Å². The Labute approximate surface area is 209 Å². The fraction of sp³-hybridized carbons (Fsp3) is 0.320. The van der Waals surface area contributed by atoms with Gasteiger partial charge in [0.05, 0.1) is 34.9 Å².